The molecule has 0 aliphatic carbocycles. The highest BCUT2D eigenvalue weighted by Crippen LogP contribution is 2.24. The molecule has 2 saturated heterocycles. The van der Waals surface area contributed by atoms with Crippen molar-refractivity contribution in [2.45, 2.75) is 57.0 Å². The van der Waals surface area contributed by atoms with E-state index in [1.165, 1.54) is 9.80 Å². The van der Waals surface area contributed by atoms with Crippen LogP contribution in [0.25, 0.3) is 0 Å². The fourth-order valence-corrected chi connectivity index (χ4v) is 4.85. The molecule has 0 aromatic heterocycles. The molecule has 0 saturated carbocycles. The van der Waals surface area contributed by atoms with Crippen molar-refractivity contribution in [2.75, 3.05) is 66.5 Å². The largest absolute Gasteiger partial charge is 0.401 e. The molecule has 2 fully saturated rings. The van der Waals surface area contributed by atoms with Crippen LogP contribution in [0.15, 0.2) is 0 Å². The lowest BCUT2D eigenvalue weighted by Crippen LogP contribution is -2.49. The monoisotopic (exact) mass is 446 g/mol. The van der Waals surface area contributed by atoms with E-state index in [9.17, 15) is 26.3 Å². The number of likely N-dealkylation sites (tertiary alicyclic amines) is 2. The Morgan fingerprint density at radius 2 is 1.00 bits per heavy atom. The minimum absolute atomic E-state index is 0.0223. The van der Waals surface area contributed by atoms with Crippen molar-refractivity contribution in [1.29, 1.82) is 0 Å². The van der Waals surface area contributed by atoms with Gasteiger partial charge in [-0.15, -0.1) is 0 Å². The molecular weight excluding hydrogens is 410 g/mol. The normalized spacial score (nSPS) is 22.0. The summed E-state index contributed by atoms with van der Waals surface area (Å²) in [4.78, 5) is 7.49. The standard InChI is InChI=1S/C20H36F6N4/c1-16(12-29-8-4-17(5-9-29)27(2)14-19(21,22)23)13-30-10-6-18(7-11-30)28(3)15-20(24,25)26/h16-18H,4-15H2,1-3H3. The Hall–Kier alpha value is -0.580. The van der Waals surface area contributed by atoms with Crippen molar-refractivity contribution < 1.29 is 26.3 Å². The number of alkyl halides is 6. The summed E-state index contributed by atoms with van der Waals surface area (Å²) in [6.07, 6.45) is -5.33. The third-order valence-electron chi connectivity index (χ3n) is 6.36. The Kier molecular flexibility index (Phi) is 9.27. The van der Waals surface area contributed by atoms with Crippen LogP contribution < -0.4 is 0 Å². The van der Waals surface area contributed by atoms with Crippen molar-refractivity contribution in [2.24, 2.45) is 5.92 Å². The molecule has 2 heterocycles. The molecule has 0 aromatic rings. The van der Waals surface area contributed by atoms with E-state index in [0.717, 1.165) is 65.0 Å². The van der Waals surface area contributed by atoms with Gasteiger partial charge in [-0.25, -0.2) is 0 Å². The number of hydrogen-bond donors (Lipinski definition) is 0. The highest BCUT2D eigenvalue weighted by molar-refractivity contribution is 4.83. The zero-order valence-corrected chi connectivity index (χ0v) is 18.3. The summed E-state index contributed by atoms with van der Waals surface area (Å²) in [5.74, 6) is 0.416. The fraction of sp³-hybridized carbons (Fsp3) is 1.00. The van der Waals surface area contributed by atoms with Crippen LogP contribution in [0.1, 0.15) is 32.6 Å². The maximum absolute atomic E-state index is 12.6. The maximum Gasteiger partial charge on any atom is 0.401 e. The third kappa shape index (κ3) is 9.28. The van der Waals surface area contributed by atoms with Gasteiger partial charge in [-0.3, -0.25) is 9.80 Å². The Morgan fingerprint density at radius 3 is 1.27 bits per heavy atom. The number of nitrogens with zero attached hydrogens (tertiary/aromatic N) is 4. The molecular formula is C20H36F6N4. The van der Waals surface area contributed by atoms with Gasteiger partial charge < -0.3 is 9.80 Å². The van der Waals surface area contributed by atoms with E-state index in [-0.39, 0.29) is 12.1 Å². The van der Waals surface area contributed by atoms with Crippen molar-refractivity contribution in [3.8, 4) is 0 Å². The summed E-state index contributed by atoms with van der Waals surface area (Å²) < 4.78 is 75.4. The van der Waals surface area contributed by atoms with Gasteiger partial charge in [0.15, 0.2) is 0 Å². The van der Waals surface area contributed by atoms with Crippen LogP contribution >= 0.6 is 0 Å². The van der Waals surface area contributed by atoms with E-state index in [4.69, 9.17) is 0 Å². The van der Waals surface area contributed by atoms with Gasteiger partial charge in [0.05, 0.1) is 13.1 Å². The first-order valence-electron chi connectivity index (χ1n) is 10.8. The highest BCUT2D eigenvalue weighted by Gasteiger charge is 2.34. The first-order valence-corrected chi connectivity index (χ1v) is 10.8. The smallest absolute Gasteiger partial charge is 0.303 e. The summed E-state index contributed by atoms with van der Waals surface area (Å²) >= 11 is 0. The summed E-state index contributed by atoms with van der Waals surface area (Å²) in [6, 6.07) is -0.0446. The summed E-state index contributed by atoms with van der Waals surface area (Å²) in [7, 11) is 3.10. The van der Waals surface area contributed by atoms with Gasteiger partial charge in [-0.1, -0.05) is 6.92 Å². The third-order valence-corrected chi connectivity index (χ3v) is 6.36. The minimum atomic E-state index is -4.16. The minimum Gasteiger partial charge on any atom is -0.303 e. The zero-order valence-electron chi connectivity index (χ0n) is 18.3. The van der Waals surface area contributed by atoms with E-state index in [0.29, 0.717) is 5.92 Å². The SMILES string of the molecule is CC(CN1CCC(N(C)CC(F)(F)F)CC1)CN1CCC(N(C)CC(F)(F)F)CC1. The number of rotatable bonds is 8. The molecule has 0 spiro atoms. The second-order valence-electron chi connectivity index (χ2n) is 9.23. The maximum atomic E-state index is 12.6. The number of piperidine rings is 2. The Bertz CT molecular complexity index is 453. The second-order valence-corrected chi connectivity index (χ2v) is 9.23. The van der Waals surface area contributed by atoms with Crippen LogP contribution in [0.2, 0.25) is 0 Å². The molecule has 0 atom stereocenters. The molecule has 2 aliphatic rings. The van der Waals surface area contributed by atoms with Crippen LogP contribution in [0.4, 0.5) is 26.3 Å². The van der Waals surface area contributed by atoms with Crippen LogP contribution in [0.5, 0.6) is 0 Å². The number of hydrogen-bond acceptors (Lipinski definition) is 4. The summed E-state index contributed by atoms with van der Waals surface area (Å²) in [5.41, 5.74) is 0. The van der Waals surface area contributed by atoms with E-state index < -0.39 is 25.4 Å². The van der Waals surface area contributed by atoms with E-state index >= 15 is 0 Å². The van der Waals surface area contributed by atoms with E-state index in [2.05, 4.69) is 16.7 Å². The van der Waals surface area contributed by atoms with Gasteiger partial charge in [0.25, 0.3) is 0 Å². The molecule has 0 radical (unpaired) electrons. The van der Waals surface area contributed by atoms with Crippen molar-refractivity contribution in [3.63, 3.8) is 0 Å². The molecule has 0 amide bonds. The second kappa shape index (κ2) is 10.8. The molecule has 2 aliphatic heterocycles. The van der Waals surface area contributed by atoms with Gasteiger partial charge in [0.1, 0.15) is 0 Å². The molecule has 4 nitrogen and oxygen atoms in total. The molecule has 0 bridgehead atoms. The van der Waals surface area contributed by atoms with E-state index in [1.807, 2.05) is 0 Å². The van der Waals surface area contributed by atoms with Gasteiger partial charge in [-0.05, 0) is 71.9 Å². The van der Waals surface area contributed by atoms with Crippen LogP contribution in [-0.4, -0.2) is 110 Å². The predicted octanol–water partition coefficient (Wildman–Crippen LogP) is 3.54. The van der Waals surface area contributed by atoms with Crippen molar-refractivity contribution in [3.05, 3.63) is 0 Å². The average molecular weight is 447 g/mol. The molecule has 0 unspecified atom stereocenters. The molecule has 0 aromatic carbocycles. The first-order chi connectivity index (χ1) is 13.8. The Morgan fingerprint density at radius 1 is 0.700 bits per heavy atom. The van der Waals surface area contributed by atoms with Gasteiger partial charge in [-0.2, -0.15) is 26.3 Å². The highest BCUT2D eigenvalue weighted by atomic mass is 19.4. The molecule has 178 valence electrons. The van der Waals surface area contributed by atoms with Gasteiger partial charge in [0, 0.05) is 25.2 Å². The van der Waals surface area contributed by atoms with Crippen LogP contribution in [0, 0.1) is 5.92 Å². The molecule has 2 rings (SSSR count). The Labute approximate surface area is 176 Å². The summed E-state index contributed by atoms with van der Waals surface area (Å²) in [5, 5.41) is 0. The lowest BCUT2D eigenvalue weighted by atomic mass is 10.00. The zero-order chi connectivity index (χ0) is 22.5. The van der Waals surface area contributed by atoms with Crippen molar-refractivity contribution >= 4 is 0 Å². The summed E-state index contributed by atoms with van der Waals surface area (Å²) in [6.45, 7) is 5.49. The van der Waals surface area contributed by atoms with Crippen LogP contribution in [0.3, 0.4) is 0 Å². The lowest BCUT2D eigenvalue weighted by molar-refractivity contribution is -0.149. The molecule has 0 N–H and O–H groups in total. The first kappa shape index (κ1) is 25.7. The number of halogens is 6. The van der Waals surface area contributed by atoms with Crippen LogP contribution in [-0.2, 0) is 0 Å². The quantitative estimate of drug-likeness (QED) is 0.529. The molecule has 10 heteroatoms. The molecule has 30 heavy (non-hydrogen) atoms. The fourth-order valence-electron chi connectivity index (χ4n) is 4.85. The Balaban J connectivity index is 1.65. The predicted molar refractivity (Wildman–Crippen MR) is 105 cm³/mol. The van der Waals surface area contributed by atoms with Gasteiger partial charge >= 0.3 is 12.4 Å². The van der Waals surface area contributed by atoms with Crippen molar-refractivity contribution in [1.82, 2.24) is 19.6 Å². The van der Waals surface area contributed by atoms with E-state index in [1.54, 1.807) is 14.1 Å². The average Bonchev–Trinajstić information content (AvgIpc) is 2.60. The lowest BCUT2D eigenvalue weighted by Gasteiger charge is -2.40. The topological polar surface area (TPSA) is 13.0 Å². The van der Waals surface area contributed by atoms with Gasteiger partial charge in [0.2, 0.25) is 0 Å².